The number of carbonyl (C=O) groups excluding carboxylic acids is 1. The number of aromatic nitrogens is 2. The quantitative estimate of drug-likeness (QED) is 0.680. The highest BCUT2D eigenvalue weighted by Gasteiger charge is 2.16. The summed E-state index contributed by atoms with van der Waals surface area (Å²) >= 11 is 0. The average Bonchev–Trinajstić information content (AvgIpc) is 3.11. The van der Waals surface area contributed by atoms with Gasteiger partial charge in [0.05, 0.1) is 12.0 Å². The minimum Gasteiger partial charge on any atom is -0.459 e. The molecule has 0 saturated carbocycles. The van der Waals surface area contributed by atoms with Gasteiger partial charge in [-0.05, 0) is 12.1 Å². The third-order valence-electron chi connectivity index (χ3n) is 2.82. The summed E-state index contributed by atoms with van der Waals surface area (Å²) < 4.78 is 5.00. The molecule has 20 heavy (non-hydrogen) atoms. The number of anilines is 1. The second kappa shape index (κ2) is 4.93. The number of furan rings is 1. The van der Waals surface area contributed by atoms with Crippen LogP contribution in [0.4, 0.5) is 5.69 Å². The summed E-state index contributed by atoms with van der Waals surface area (Å²) in [6.45, 7) is 0. The van der Waals surface area contributed by atoms with Gasteiger partial charge in [0, 0.05) is 5.56 Å². The summed E-state index contributed by atoms with van der Waals surface area (Å²) in [6.07, 6.45) is 1.40. The van der Waals surface area contributed by atoms with E-state index in [2.05, 4.69) is 15.5 Å². The van der Waals surface area contributed by atoms with E-state index in [0.717, 1.165) is 5.56 Å². The van der Waals surface area contributed by atoms with Crippen LogP contribution in [0.5, 0.6) is 0 Å². The Morgan fingerprint density at radius 3 is 2.55 bits per heavy atom. The molecule has 1 amide bonds. The Kier molecular flexibility index (Phi) is 2.96. The molecule has 2 heterocycles. The fraction of sp³-hybridized carbons (Fsp3) is 0. The molecule has 0 aliphatic rings. The van der Waals surface area contributed by atoms with Crippen LogP contribution in [0, 0.1) is 0 Å². The number of nitrogens with one attached hydrogen (secondary N) is 3. The number of hydrogen-bond donors (Lipinski definition) is 3. The third-order valence-corrected chi connectivity index (χ3v) is 2.82. The summed E-state index contributed by atoms with van der Waals surface area (Å²) in [5.41, 5.74) is 1.08. The van der Waals surface area contributed by atoms with Crippen LogP contribution in [-0.2, 0) is 0 Å². The van der Waals surface area contributed by atoms with Gasteiger partial charge >= 0.3 is 0 Å². The molecule has 0 aliphatic carbocycles. The molecule has 6 nitrogen and oxygen atoms in total. The second-order valence-corrected chi connectivity index (χ2v) is 4.13. The van der Waals surface area contributed by atoms with E-state index in [0.29, 0.717) is 5.69 Å². The van der Waals surface area contributed by atoms with Gasteiger partial charge in [0.1, 0.15) is 5.69 Å². The number of carbonyl (C=O) groups is 1. The van der Waals surface area contributed by atoms with E-state index in [4.69, 9.17) is 4.42 Å². The van der Waals surface area contributed by atoms with Gasteiger partial charge in [-0.1, -0.05) is 30.3 Å². The molecule has 2 aromatic heterocycles. The van der Waals surface area contributed by atoms with E-state index in [1.807, 2.05) is 30.3 Å². The maximum absolute atomic E-state index is 11.9. The number of hydrogen-bond acceptors (Lipinski definition) is 3. The van der Waals surface area contributed by atoms with Crippen molar-refractivity contribution < 1.29 is 9.21 Å². The van der Waals surface area contributed by atoms with Crippen molar-refractivity contribution in [3.63, 3.8) is 0 Å². The van der Waals surface area contributed by atoms with Crippen molar-refractivity contribution in [3.05, 3.63) is 64.8 Å². The number of aromatic amines is 2. The molecule has 0 spiro atoms. The van der Waals surface area contributed by atoms with Crippen molar-refractivity contribution in [2.45, 2.75) is 0 Å². The molecule has 3 rings (SSSR count). The monoisotopic (exact) mass is 269 g/mol. The molecule has 100 valence electrons. The first-order chi connectivity index (χ1) is 9.75. The Balaban J connectivity index is 1.96. The summed E-state index contributed by atoms with van der Waals surface area (Å²) in [7, 11) is 0. The van der Waals surface area contributed by atoms with Crippen molar-refractivity contribution >= 4 is 11.6 Å². The Morgan fingerprint density at radius 1 is 1.05 bits per heavy atom. The van der Waals surface area contributed by atoms with Crippen LogP contribution in [0.25, 0.3) is 11.3 Å². The minimum atomic E-state index is -0.475. The molecular weight excluding hydrogens is 258 g/mol. The molecule has 1 aromatic carbocycles. The van der Waals surface area contributed by atoms with Gasteiger partial charge in [-0.25, -0.2) is 0 Å². The lowest BCUT2D eigenvalue weighted by atomic mass is 10.1. The van der Waals surface area contributed by atoms with Crippen LogP contribution in [0.1, 0.15) is 10.6 Å². The summed E-state index contributed by atoms with van der Waals surface area (Å²) in [4.78, 5) is 23.7. The van der Waals surface area contributed by atoms with E-state index in [-0.39, 0.29) is 11.4 Å². The maximum Gasteiger partial charge on any atom is 0.291 e. The van der Waals surface area contributed by atoms with Crippen molar-refractivity contribution in [1.29, 1.82) is 0 Å². The van der Waals surface area contributed by atoms with Gasteiger partial charge in [0.2, 0.25) is 0 Å². The number of benzene rings is 1. The van der Waals surface area contributed by atoms with Crippen LogP contribution >= 0.6 is 0 Å². The first kappa shape index (κ1) is 12.0. The largest absolute Gasteiger partial charge is 0.459 e. The van der Waals surface area contributed by atoms with E-state index in [1.54, 1.807) is 6.07 Å². The summed E-state index contributed by atoms with van der Waals surface area (Å²) in [6, 6.07) is 12.4. The third kappa shape index (κ3) is 2.14. The van der Waals surface area contributed by atoms with Crippen molar-refractivity contribution in [2.24, 2.45) is 0 Å². The summed E-state index contributed by atoms with van der Waals surface area (Å²) in [5.74, 6) is -0.332. The molecule has 0 unspecified atom stereocenters. The van der Waals surface area contributed by atoms with Crippen molar-refractivity contribution in [2.75, 3.05) is 5.32 Å². The standard InChI is InChI=1S/C14H11N3O3/c18-13(10-7-4-8-20-10)15-12-11(16-17-14(12)19)9-5-2-1-3-6-9/h1-8H,(H,15,18)(H2,16,17,19). The van der Waals surface area contributed by atoms with Gasteiger partial charge in [0.25, 0.3) is 11.5 Å². The fourth-order valence-corrected chi connectivity index (χ4v) is 1.88. The first-order valence-electron chi connectivity index (χ1n) is 5.96. The van der Waals surface area contributed by atoms with Gasteiger partial charge < -0.3 is 9.73 Å². The van der Waals surface area contributed by atoms with Gasteiger partial charge in [-0.15, -0.1) is 0 Å². The Labute approximate surface area is 113 Å². The smallest absolute Gasteiger partial charge is 0.291 e. The average molecular weight is 269 g/mol. The molecule has 3 N–H and O–H groups in total. The fourth-order valence-electron chi connectivity index (χ4n) is 1.88. The Morgan fingerprint density at radius 2 is 1.85 bits per heavy atom. The molecule has 6 heteroatoms. The lowest BCUT2D eigenvalue weighted by Gasteiger charge is -2.03. The van der Waals surface area contributed by atoms with Crippen molar-refractivity contribution in [1.82, 2.24) is 10.2 Å². The lowest BCUT2D eigenvalue weighted by molar-refractivity contribution is 0.0996. The van der Waals surface area contributed by atoms with E-state index >= 15 is 0 Å². The van der Waals surface area contributed by atoms with E-state index < -0.39 is 11.5 Å². The molecule has 0 bridgehead atoms. The highest BCUT2D eigenvalue weighted by molar-refractivity contribution is 6.04. The van der Waals surface area contributed by atoms with E-state index in [9.17, 15) is 9.59 Å². The van der Waals surface area contributed by atoms with Crippen LogP contribution < -0.4 is 10.9 Å². The topological polar surface area (TPSA) is 90.9 Å². The SMILES string of the molecule is O=C(Nc1c(-c2ccccc2)[nH][nH]c1=O)c1ccco1. The van der Waals surface area contributed by atoms with Crippen LogP contribution in [0.3, 0.4) is 0 Å². The zero-order valence-electron chi connectivity index (χ0n) is 10.3. The molecular formula is C14H11N3O3. The first-order valence-corrected chi connectivity index (χ1v) is 5.96. The molecule has 0 fully saturated rings. The lowest BCUT2D eigenvalue weighted by Crippen LogP contribution is -2.16. The van der Waals surface area contributed by atoms with Gasteiger partial charge in [0.15, 0.2) is 5.76 Å². The molecule has 0 saturated heterocycles. The maximum atomic E-state index is 11.9. The zero-order chi connectivity index (χ0) is 13.9. The van der Waals surface area contributed by atoms with Crippen LogP contribution in [0.15, 0.2) is 57.9 Å². The highest BCUT2D eigenvalue weighted by atomic mass is 16.3. The van der Waals surface area contributed by atoms with Gasteiger partial charge in [-0.2, -0.15) is 0 Å². The molecule has 0 radical (unpaired) electrons. The molecule has 0 aliphatic heterocycles. The number of amides is 1. The van der Waals surface area contributed by atoms with Crippen molar-refractivity contribution in [3.8, 4) is 11.3 Å². The Hall–Kier alpha value is -3.02. The second-order valence-electron chi connectivity index (χ2n) is 4.13. The normalized spacial score (nSPS) is 10.4. The van der Waals surface area contributed by atoms with Crippen LogP contribution in [-0.4, -0.2) is 16.1 Å². The number of H-pyrrole nitrogens is 2. The zero-order valence-corrected chi connectivity index (χ0v) is 10.3. The molecule has 3 aromatic rings. The van der Waals surface area contributed by atoms with Gasteiger partial charge in [-0.3, -0.25) is 19.8 Å². The predicted octanol–water partition coefficient (Wildman–Crippen LogP) is 2.22. The predicted molar refractivity (Wildman–Crippen MR) is 73.5 cm³/mol. The minimum absolute atomic E-state index is 0.143. The Bertz CT molecular complexity index is 770. The van der Waals surface area contributed by atoms with Crippen LogP contribution in [0.2, 0.25) is 0 Å². The molecule has 0 atom stereocenters. The summed E-state index contributed by atoms with van der Waals surface area (Å²) in [5, 5.41) is 7.77. The van der Waals surface area contributed by atoms with E-state index in [1.165, 1.54) is 12.3 Å². The number of rotatable bonds is 3. The highest BCUT2D eigenvalue weighted by Crippen LogP contribution is 2.22.